The Morgan fingerprint density at radius 2 is 2.00 bits per heavy atom. The molecule has 4 fully saturated rings. The highest BCUT2D eigenvalue weighted by Crippen LogP contribution is 2.40. The van der Waals surface area contributed by atoms with Crippen LogP contribution in [-0.2, 0) is 4.79 Å². The first-order valence-electron chi connectivity index (χ1n) is 6.46. The number of carbonyl (C=O) groups excluding carboxylic acids is 1. The van der Waals surface area contributed by atoms with E-state index in [1.54, 1.807) is 0 Å². The molecule has 2 bridgehead atoms. The Morgan fingerprint density at radius 3 is 2.56 bits per heavy atom. The van der Waals surface area contributed by atoms with Gasteiger partial charge in [-0.05, 0) is 25.8 Å². The van der Waals surface area contributed by atoms with Crippen molar-refractivity contribution in [2.45, 2.75) is 37.8 Å². The Kier molecular flexibility index (Phi) is 2.64. The van der Waals surface area contributed by atoms with Crippen LogP contribution in [0.3, 0.4) is 0 Å². The molecule has 0 aromatic carbocycles. The highest BCUT2D eigenvalue weighted by atomic mass is 16.3. The molecule has 0 radical (unpaired) electrons. The fourth-order valence-corrected chi connectivity index (χ4v) is 3.33. The molecular formula is C12H20N2O2. The molecule has 1 aliphatic carbocycles. The van der Waals surface area contributed by atoms with E-state index >= 15 is 0 Å². The second-order valence-corrected chi connectivity index (χ2v) is 5.49. The van der Waals surface area contributed by atoms with Gasteiger partial charge in [-0.1, -0.05) is 6.42 Å². The summed E-state index contributed by atoms with van der Waals surface area (Å²) in [6.07, 6.45) is 4.31. The number of rotatable bonds is 1. The van der Waals surface area contributed by atoms with Crippen molar-refractivity contribution in [3.63, 3.8) is 0 Å². The van der Waals surface area contributed by atoms with Gasteiger partial charge in [-0.2, -0.15) is 0 Å². The normalized spacial score (nSPS) is 42.7. The Bertz CT molecular complexity index is 277. The Hall–Kier alpha value is -0.610. The zero-order chi connectivity index (χ0) is 11.1. The van der Waals surface area contributed by atoms with Crippen LogP contribution in [0.4, 0.5) is 0 Å². The SMILES string of the molecule is O=C(C1CCCCN1)N1CC2CC(C1)C2O. The van der Waals surface area contributed by atoms with E-state index in [-0.39, 0.29) is 18.1 Å². The molecule has 1 amide bonds. The van der Waals surface area contributed by atoms with Crippen LogP contribution in [0.25, 0.3) is 0 Å². The summed E-state index contributed by atoms with van der Waals surface area (Å²) in [7, 11) is 0. The van der Waals surface area contributed by atoms with Crippen molar-refractivity contribution in [1.29, 1.82) is 0 Å². The quantitative estimate of drug-likeness (QED) is 0.657. The minimum Gasteiger partial charge on any atom is -0.392 e. The number of amides is 1. The van der Waals surface area contributed by atoms with Gasteiger partial charge in [0.2, 0.25) is 5.91 Å². The molecule has 3 heterocycles. The van der Waals surface area contributed by atoms with Crippen LogP contribution < -0.4 is 5.32 Å². The Balaban J connectivity index is 1.59. The number of piperidine rings is 3. The van der Waals surface area contributed by atoms with Crippen molar-refractivity contribution in [2.24, 2.45) is 11.8 Å². The molecule has 4 rings (SSSR count). The maximum Gasteiger partial charge on any atom is 0.239 e. The van der Waals surface area contributed by atoms with Crippen LogP contribution in [0.1, 0.15) is 25.7 Å². The molecule has 3 unspecified atom stereocenters. The summed E-state index contributed by atoms with van der Waals surface area (Å²) in [5.41, 5.74) is 0. The second kappa shape index (κ2) is 4.00. The standard InChI is InChI=1S/C12H20N2O2/c15-11-8-5-9(11)7-14(6-8)12(16)10-3-1-2-4-13-10/h8-11,13,15H,1-7H2. The lowest BCUT2D eigenvalue weighted by Crippen LogP contribution is -2.62. The van der Waals surface area contributed by atoms with Gasteiger partial charge in [0.15, 0.2) is 0 Å². The molecule has 0 aromatic rings. The lowest BCUT2D eigenvalue weighted by molar-refractivity contribution is -0.152. The lowest BCUT2D eigenvalue weighted by Gasteiger charge is -2.51. The molecule has 0 spiro atoms. The molecule has 2 N–H and O–H groups in total. The third-order valence-corrected chi connectivity index (χ3v) is 4.40. The molecular weight excluding hydrogens is 204 g/mol. The third-order valence-electron chi connectivity index (χ3n) is 4.40. The van der Waals surface area contributed by atoms with Crippen LogP contribution >= 0.6 is 0 Å². The first kappa shape index (κ1) is 10.5. The summed E-state index contributed by atoms with van der Waals surface area (Å²) < 4.78 is 0. The number of aliphatic hydroxyl groups excluding tert-OH is 1. The first-order valence-corrected chi connectivity index (χ1v) is 6.46. The molecule has 3 aliphatic heterocycles. The molecule has 3 saturated heterocycles. The monoisotopic (exact) mass is 224 g/mol. The minimum atomic E-state index is -0.136. The topological polar surface area (TPSA) is 52.6 Å². The average Bonchev–Trinajstić information content (AvgIpc) is 2.38. The van der Waals surface area contributed by atoms with Crippen molar-refractivity contribution >= 4 is 5.91 Å². The van der Waals surface area contributed by atoms with Gasteiger partial charge in [0.05, 0.1) is 12.1 Å². The summed E-state index contributed by atoms with van der Waals surface area (Å²) >= 11 is 0. The fourth-order valence-electron chi connectivity index (χ4n) is 3.33. The van der Waals surface area contributed by atoms with E-state index in [0.717, 1.165) is 38.9 Å². The summed E-state index contributed by atoms with van der Waals surface area (Å²) in [5, 5.41) is 13.0. The molecule has 4 aliphatic rings. The molecule has 4 nitrogen and oxygen atoms in total. The summed E-state index contributed by atoms with van der Waals surface area (Å²) in [5.74, 6) is 0.971. The Morgan fingerprint density at radius 1 is 1.25 bits per heavy atom. The lowest BCUT2D eigenvalue weighted by atomic mass is 9.68. The largest absolute Gasteiger partial charge is 0.392 e. The number of nitrogens with zero attached hydrogens (tertiary/aromatic N) is 1. The number of aliphatic hydroxyl groups is 1. The maximum absolute atomic E-state index is 12.2. The summed E-state index contributed by atoms with van der Waals surface area (Å²) in [6.45, 7) is 2.52. The van der Waals surface area contributed by atoms with Gasteiger partial charge in [-0.25, -0.2) is 0 Å². The van der Waals surface area contributed by atoms with Crippen molar-refractivity contribution < 1.29 is 9.90 Å². The van der Waals surface area contributed by atoms with Gasteiger partial charge in [0.1, 0.15) is 0 Å². The van der Waals surface area contributed by atoms with Crippen LogP contribution in [0, 0.1) is 11.8 Å². The number of hydrogen-bond acceptors (Lipinski definition) is 3. The molecule has 16 heavy (non-hydrogen) atoms. The van der Waals surface area contributed by atoms with Gasteiger partial charge < -0.3 is 15.3 Å². The number of carbonyl (C=O) groups is 1. The number of fused-ring (bicyclic) bond motifs is 2. The second-order valence-electron chi connectivity index (χ2n) is 5.49. The van der Waals surface area contributed by atoms with E-state index in [0.29, 0.717) is 11.8 Å². The van der Waals surface area contributed by atoms with Crippen LogP contribution in [0.5, 0.6) is 0 Å². The smallest absolute Gasteiger partial charge is 0.239 e. The van der Waals surface area contributed by atoms with E-state index in [4.69, 9.17) is 0 Å². The minimum absolute atomic E-state index is 0.0448. The summed E-state index contributed by atoms with van der Waals surface area (Å²) in [6, 6.07) is 0.0448. The fraction of sp³-hybridized carbons (Fsp3) is 0.917. The summed E-state index contributed by atoms with van der Waals surface area (Å²) in [4.78, 5) is 14.2. The van der Waals surface area contributed by atoms with Crippen LogP contribution in [0.2, 0.25) is 0 Å². The van der Waals surface area contributed by atoms with Gasteiger partial charge in [0, 0.05) is 24.9 Å². The first-order chi connectivity index (χ1) is 7.75. The van der Waals surface area contributed by atoms with Crippen LogP contribution in [-0.4, -0.2) is 47.7 Å². The average molecular weight is 224 g/mol. The van der Waals surface area contributed by atoms with Gasteiger partial charge >= 0.3 is 0 Å². The third kappa shape index (κ3) is 1.64. The molecule has 4 heteroatoms. The molecule has 0 aromatic heterocycles. The predicted molar refractivity (Wildman–Crippen MR) is 59.8 cm³/mol. The van der Waals surface area contributed by atoms with Crippen molar-refractivity contribution in [3.05, 3.63) is 0 Å². The van der Waals surface area contributed by atoms with E-state index in [1.165, 1.54) is 6.42 Å². The van der Waals surface area contributed by atoms with E-state index in [9.17, 15) is 9.90 Å². The van der Waals surface area contributed by atoms with E-state index in [1.807, 2.05) is 4.90 Å². The van der Waals surface area contributed by atoms with Crippen molar-refractivity contribution in [3.8, 4) is 0 Å². The maximum atomic E-state index is 12.2. The molecule has 90 valence electrons. The number of nitrogens with one attached hydrogen (secondary N) is 1. The van der Waals surface area contributed by atoms with Gasteiger partial charge in [-0.3, -0.25) is 4.79 Å². The van der Waals surface area contributed by atoms with Crippen molar-refractivity contribution in [2.75, 3.05) is 19.6 Å². The van der Waals surface area contributed by atoms with Gasteiger partial charge in [-0.15, -0.1) is 0 Å². The highest BCUT2D eigenvalue weighted by Gasteiger charge is 2.47. The van der Waals surface area contributed by atoms with Crippen LogP contribution in [0.15, 0.2) is 0 Å². The van der Waals surface area contributed by atoms with Gasteiger partial charge in [0.25, 0.3) is 0 Å². The zero-order valence-corrected chi connectivity index (χ0v) is 9.56. The molecule has 3 atom stereocenters. The van der Waals surface area contributed by atoms with Crippen molar-refractivity contribution in [1.82, 2.24) is 10.2 Å². The number of hydrogen-bond donors (Lipinski definition) is 2. The van der Waals surface area contributed by atoms with E-state index in [2.05, 4.69) is 5.32 Å². The Labute approximate surface area is 96.0 Å². The van der Waals surface area contributed by atoms with E-state index < -0.39 is 0 Å². The zero-order valence-electron chi connectivity index (χ0n) is 9.56. The highest BCUT2D eigenvalue weighted by molar-refractivity contribution is 5.82. The molecule has 1 saturated carbocycles. The predicted octanol–water partition coefficient (Wildman–Crippen LogP) is -0.0323.